The number of ether oxygens (including phenoxy) is 2. The van der Waals surface area contributed by atoms with Gasteiger partial charge in [-0.1, -0.05) is 0 Å². The minimum atomic E-state index is -0.185. The summed E-state index contributed by atoms with van der Waals surface area (Å²) in [6, 6.07) is 0. The van der Waals surface area contributed by atoms with Crippen LogP contribution in [0.15, 0.2) is 0 Å². The van der Waals surface area contributed by atoms with Gasteiger partial charge in [-0.25, -0.2) is 0 Å². The molecule has 0 unspecified atom stereocenters. The van der Waals surface area contributed by atoms with E-state index in [0.717, 1.165) is 24.6 Å². The van der Waals surface area contributed by atoms with Crippen LogP contribution in [0.2, 0.25) is 0 Å². The lowest BCUT2D eigenvalue weighted by molar-refractivity contribution is -0.141. The number of rotatable bonds is 12. The Morgan fingerprint density at radius 3 is 1.63 bits per heavy atom. The zero-order valence-corrected chi connectivity index (χ0v) is 12.5. The number of carbonyl (C=O) groups is 2. The van der Waals surface area contributed by atoms with Gasteiger partial charge in [-0.05, 0) is 0 Å². The number of esters is 2. The molecular formula is C12H24N2O4S. The SMILES string of the molecule is COC(=O)CCNCCSCCNCCC(=O)OC. The van der Waals surface area contributed by atoms with Gasteiger partial charge < -0.3 is 20.1 Å². The standard InChI is InChI=1S/C12H24N2O4S/c1-17-11(15)3-5-13-7-9-19-10-8-14-6-4-12(16)18-2/h13-14H,3-10H2,1-2H3. The molecule has 0 bridgehead atoms. The minimum absolute atomic E-state index is 0.185. The fourth-order valence-corrected chi connectivity index (χ4v) is 2.01. The molecule has 7 heteroatoms. The molecule has 0 saturated carbocycles. The molecule has 0 aliphatic rings. The summed E-state index contributed by atoms with van der Waals surface area (Å²) in [5.41, 5.74) is 0. The highest BCUT2D eigenvalue weighted by Crippen LogP contribution is 1.96. The van der Waals surface area contributed by atoms with Gasteiger partial charge in [0.15, 0.2) is 0 Å². The highest BCUT2D eigenvalue weighted by atomic mass is 32.2. The van der Waals surface area contributed by atoms with Gasteiger partial charge in [0, 0.05) is 37.7 Å². The molecule has 0 atom stereocenters. The van der Waals surface area contributed by atoms with Crippen molar-refractivity contribution in [3.63, 3.8) is 0 Å². The first kappa shape index (κ1) is 18.2. The van der Waals surface area contributed by atoms with Crippen LogP contribution in [0.1, 0.15) is 12.8 Å². The van der Waals surface area contributed by atoms with Crippen molar-refractivity contribution in [1.82, 2.24) is 10.6 Å². The Labute approximate surface area is 119 Å². The van der Waals surface area contributed by atoms with Crippen molar-refractivity contribution in [1.29, 1.82) is 0 Å². The lowest BCUT2D eigenvalue weighted by Crippen LogP contribution is -2.23. The monoisotopic (exact) mass is 292 g/mol. The highest BCUT2D eigenvalue weighted by molar-refractivity contribution is 7.99. The third-order valence-electron chi connectivity index (χ3n) is 2.31. The van der Waals surface area contributed by atoms with Crippen molar-refractivity contribution in [3.05, 3.63) is 0 Å². The van der Waals surface area contributed by atoms with E-state index in [1.165, 1.54) is 14.2 Å². The zero-order valence-electron chi connectivity index (χ0n) is 11.7. The van der Waals surface area contributed by atoms with Crippen LogP contribution in [0.4, 0.5) is 0 Å². The number of nitrogens with one attached hydrogen (secondary N) is 2. The molecule has 112 valence electrons. The van der Waals surface area contributed by atoms with Gasteiger partial charge in [0.05, 0.1) is 27.1 Å². The third-order valence-corrected chi connectivity index (χ3v) is 3.30. The first-order chi connectivity index (χ1) is 9.20. The first-order valence-electron chi connectivity index (χ1n) is 6.33. The molecule has 0 heterocycles. The number of hydrogen-bond donors (Lipinski definition) is 2. The largest absolute Gasteiger partial charge is 0.469 e. The van der Waals surface area contributed by atoms with Crippen molar-refractivity contribution in [3.8, 4) is 0 Å². The molecule has 0 spiro atoms. The molecular weight excluding hydrogens is 268 g/mol. The maximum Gasteiger partial charge on any atom is 0.306 e. The van der Waals surface area contributed by atoms with Crippen molar-refractivity contribution < 1.29 is 19.1 Å². The fraction of sp³-hybridized carbons (Fsp3) is 0.833. The summed E-state index contributed by atoms with van der Waals surface area (Å²) < 4.78 is 9.06. The zero-order chi connectivity index (χ0) is 14.3. The van der Waals surface area contributed by atoms with Crippen LogP contribution in [-0.4, -0.2) is 63.8 Å². The number of carbonyl (C=O) groups excluding carboxylic acids is 2. The smallest absolute Gasteiger partial charge is 0.306 e. The summed E-state index contributed by atoms with van der Waals surface area (Å²) in [6.07, 6.45) is 0.826. The second-order valence-corrected chi connectivity index (χ2v) is 4.99. The molecule has 0 amide bonds. The normalized spacial score (nSPS) is 10.2. The van der Waals surface area contributed by atoms with E-state index in [9.17, 15) is 9.59 Å². The van der Waals surface area contributed by atoms with Crippen LogP contribution in [0.3, 0.4) is 0 Å². The van der Waals surface area contributed by atoms with Gasteiger partial charge in [0.1, 0.15) is 0 Å². The van der Waals surface area contributed by atoms with E-state index in [4.69, 9.17) is 0 Å². The Hall–Kier alpha value is -0.790. The van der Waals surface area contributed by atoms with Gasteiger partial charge >= 0.3 is 11.9 Å². The predicted molar refractivity (Wildman–Crippen MR) is 76.3 cm³/mol. The topological polar surface area (TPSA) is 76.7 Å². The lowest BCUT2D eigenvalue weighted by Gasteiger charge is -2.05. The van der Waals surface area contributed by atoms with Gasteiger partial charge in [-0.2, -0.15) is 11.8 Å². The summed E-state index contributed by atoms with van der Waals surface area (Å²) >= 11 is 1.83. The Morgan fingerprint density at radius 2 is 1.26 bits per heavy atom. The molecule has 19 heavy (non-hydrogen) atoms. The van der Waals surface area contributed by atoms with Crippen LogP contribution in [0.25, 0.3) is 0 Å². The Kier molecular flexibility index (Phi) is 13.1. The van der Waals surface area contributed by atoms with E-state index in [0.29, 0.717) is 25.9 Å². The number of thioether (sulfide) groups is 1. The quantitative estimate of drug-likeness (QED) is 0.388. The van der Waals surface area contributed by atoms with E-state index in [2.05, 4.69) is 20.1 Å². The summed E-state index contributed by atoms with van der Waals surface area (Å²) in [6.45, 7) is 3.07. The van der Waals surface area contributed by atoms with Crippen molar-refractivity contribution in [2.24, 2.45) is 0 Å². The Bertz CT molecular complexity index is 228. The fourth-order valence-electron chi connectivity index (χ4n) is 1.23. The van der Waals surface area contributed by atoms with E-state index in [-0.39, 0.29) is 11.9 Å². The van der Waals surface area contributed by atoms with Gasteiger partial charge in [-0.3, -0.25) is 9.59 Å². The summed E-state index contributed by atoms with van der Waals surface area (Å²) in [4.78, 5) is 21.6. The molecule has 0 aliphatic carbocycles. The molecule has 0 radical (unpaired) electrons. The number of methoxy groups -OCH3 is 2. The average Bonchev–Trinajstić information content (AvgIpc) is 2.43. The second kappa shape index (κ2) is 13.6. The Balaban J connectivity index is 3.07. The summed E-state index contributed by atoms with van der Waals surface area (Å²) in [5, 5.41) is 6.34. The van der Waals surface area contributed by atoms with Crippen molar-refractivity contribution in [2.45, 2.75) is 12.8 Å². The van der Waals surface area contributed by atoms with Crippen LogP contribution < -0.4 is 10.6 Å². The van der Waals surface area contributed by atoms with Crippen molar-refractivity contribution in [2.75, 3.05) is 51.9 Å². The van der Waals surface area contributed by atoms with E-state index >= 15 is 0 Å². The Morgan fingerprint density at radius 1 is 0.842 bits per heavy atom. The molecule has 0 saturated heterocycles. The molecule has 6 nitrogen and oxygen atoms in total. The maximum absolute atomic E-state index is 10.8. The maximum atomic E-state index is 10.8. The molecule has 0 aromatic heterocycles. The summed E-state index contributed by atoms with van der Waals surface area (Å²) in [5.74, 6) is 1.63. The van der Waals surface area contributed by atoms with Crippen LogP contribution in [0.5, 0.6) is 0 Å². The van der Waals surface area contributed by atoms with E-state index in [1.54, 1.807) is 0 Å². The first-order valence-corrected chi connectivity index (χ1v) is 7.49. The molecule has 0 fully saturated rings. The highest BCUT2D eigenvalue weighted by Gasteiger charge is 1.99. The van der Waals surface area contributed by atoms with Gasteiger partial charge in [0.25, 0.3) is 0 Å². The molecule has 0 aliphatic heterocycles. The predicted octanol–water partition coefficient (Wildman–Crippen LogP) is 0.0250. The minimum Gasteiger partial charge on any atom is -0.469 e. The third kappa shape index (κ3) is 13.4. The average molecular weight is 292 g/mol. The number of hydrogen-bond acceptors (Lipinski definition) is 7. The molecule has 0 rings (SSSR count). The lowest BCUT2D eigenvalue weighted by atomic mass is 10.4. The van der Waals surface area contributed by atoms with Crippen LogP contribution in [0, 0.1) is 0 Å². The second-order valence-electron chi connectivity index (χ2n) is 3.76. The van der Waals surface area contributed by atoms with Crippen LogP contribution >= 0.6 is 11.8 Å². The van der Waals surface area contributed by atoms with E-state index < -0.39 is 0 Å². The van der Waals surface area contributed by atoms with E-state index in [1.807, 2.05) is 11.8 Å². The molecule has 0 aromatic carbocycles. The van der Waals surface area contributed by atoms with Crippen molar-refractivity contribution >= 4 is 23.7 Å². The molecule has 0 aromatic rings. The molecule has 2 N–H and O–H groups in total. The van der Waals surface area contributed by atoms with Crippen LogP contribution in [-0.2, 0) is 19.1 Å². The van der Waals surface area contributed by atoms with Gasteiger partial charge in [0.2, 0.25) is 0 Å². The summed E-state index contributed by atoms with van der Waals surface area (Å²) in [7, 11) is 2.79. The van der Waals surface area contributed by atoms with Gasteiger partial charge in [-0.15, -0.1) is 0 Å².